The lowest BCUT2D eigenvalue weighted by atomic mass is 9.87. The van der Waals surface area contributed by atoms with Gasteiger partial charge in [0.1, 0.15) is 6.26 Å². The van der Waals surface area contributed by atoms with Crippen LogP contribution < -0.4 is 5.32 Å². The number of hydrogen-bond acceptors (Lipinski definition) is 5. The van der Waals surface area contributed by atoms with Gasteiger partial charge in [-0.3, -0.25) is 0 Å². The number of carbonyl (C=O) groups is 1. The maximum absolute atomic E-state index is 11.4. The van der Waals surface area contributed by atoms with Crippen LogP contribution in [0.2, 0.25) is 0 Å². The number of hydrogen-bond donors (Lipinski definition) is 1. The van der Waals surface area contributed by atoms with E-state index in [0.29, 0.717) is 18.7 Å². The molecule has 2 rings (SSSR count). The Bertz CT molecular complexity index is 403. The molecule has 0 radical (unpaired) electrons. The van der Waals surface area contributed by atoms with Gasteiger partial charge in [0.25, 0.3) is 6.01 Å². The monoisotopic (exact) mass is 252 g/mol. The molecule has 100 valence electrons. The maximum atomic E-state index is 11.4. The van der Waals surface area contributed by atoms with Gasteiger partial charge in [0, 0.05) is 6.04 Å². The van der Waals surface area contributed by atoms with E-state index in [1.54, 1.807) is 6.92 Å². The number of ether oxygens (including phenoxy) is 1. The summed E-state index contributed by atoms with van der Waals surface area (Å²) in [5.74, 6) is 0.294. The summed E-state index contributed by atoms with van der Waals surface area (Å²) in [4.78, 5) is 15.5. The first kappa shape index (κ1) is 12.9. The highest BCUT2D eigenvalue weighted by Crippen LogP contribution is 2.26. The van der Waals surface area contributed by atoms with E-state index >= 15 is 0 Å². The molecule has 0 amide bonds. The number of oxazole rings is 1. The third kappa shape index (κ3) is 3.24. The van der Waals surface area contributed by atoms with Gasteiger partial charge < -0.3 is 14.5 Å². The summed E-state index contributed by atoms with van der Waals surface area (Å²) in [5.41, 5.74) is 0.225. The fraction of sp³-hybridized carbons (Fsp3) is 0.692. The minimum absolute atomic E-state index is 0.225. The van der Waals surface area contributed by atoms with E-state index in [0.717, 1.165) is 18.8 Å². The van der Waals surface area contributed by atoms with Gasteiger partial charge in [-0.2, -0.15) is 4.98 Å². The molecule has 5 heteroatoms. The minimum atomic E-state index is -0.439. The SMILES string of the molecule is CCOC(=O)c1coc(NC2CCCC(C)C2)n1. The molecule has 1 aromatic heterocycles. The van der Waals surface area contributed by atoms with Gasteiger partial charge in [-0.05, 0) is 25.7 Å². The first-order valence-corrected chi connectivity index (χ1v) is 6.58. The number of esters is 1. The molecule has 2 unspecified atom stereocenters. The first-order chi connectivity index (χ1) is 8.69. The lowest BCUT2D eigenvalue weighted by molar-refractivity contribution is 0.0519. The van der Waals surface area contributed by atoms with Gasteiger partial charge in [-0.15, -0.1) is 0 Å². The molecule has 2 atom stereocenters. The third-order valence-corrected chi connectivity index (χ3v) is 3.25. The number of anilines is 1. The predicted molar refractivity (Wildman–Crippen MR) is 67.5 cm³/mol. The molecule has 1 aromatic rings. The number of nitrogens with one attached hydrogen (secondary N) is 1. The van der Waals surface area contributed by atoms with Crippen molar-refractivity contribution in [1.29, 1.82) is 0 Å². The predicted octanol–water partition coefficient (Wildman–Crippen LogP) is 2.84. The molecule has 0 spiro atoms. The number of rotatable bonds is 4. The van der Waals surface area contributed by atoms with E-state index in [9.17, 15) is 4.79 Å². The molecule has 0 aromatic carbocycles. The Morgan fingerprint density at radius 1 is 1.61 bits per heavy atom. The van der Waals surface area contributed by atoms with Gasteiger partial charge in [0.15, 0.2) is 5.69 Å². The summed E-state index contributed by atoms with van der Waals surface area (Å²) in [7, 11) is 0. The summed E-state index contributed by atoms with van der Waals surface area (Å²) < 4.78 is 10.1. The molecule has 1 heterocycles. The van der Waals surface area contributed by atoms with Crippen LogP contribution in [0.4, 0.5) is 6.01 Å². The number of aromatic nitrogens is 1. The van der Waals surface area contributed by atoms with Crippen LogP contribution in [0.1, 0.15) is 50.0 Å². The molecule has 1 N–H and O–H groups in total. The Kier molecular flexibility index (Phi) is 4.23. The minimum Gasteiger partial charge on any atom is -0.461 e. The maximum Gasteiger partial charge on any atom is 0.360 e. The van der Waals surface area contributed by atoms with Crippen LogP contribution in [0.15, 0.2) is 10.7 Å². The van der Waals surface area contributed by atoms with Gasteiger partial charge >= 0.3 is 5.97 Å². The second-order valence-corrected chi connectivity index (χ2v) is 4.87. The highest BCUT2D eigenvalue weighted by Gasteiger charge is 2.21. The zero-order valence-electron chi connectivity index (χ0n) is 10.9. The van der Waals surface area contributed by atoms with Crippen LogP contribution in [0.5, 0.6) is 0 Å². The van der Waals surface area contributed by atoms with Crippen molar-refractivity contribution in [1.82, 2.24) is 4.98 Å². The molecule has 0 aliphatic heterocycles. The van der Waals surface area contributed by atoms with Gasteiger partial charge in [0.05, 0.1) is 6.61 Å². The highest BCUT2D eigenvalue weighted by atomic mass is 16.5. The normalized spacial score (nSPS) is 23.7. The van der Waals surface area contributed by atoms with E-state index in [4.69, 9.17) is 9.15 Å². The molecule has 5 nitrogen and oxygen atoms in total. The van der Waals surface area contributed by atoms with Gasteiger partial charge in [-0.25, -0.2) is 4.79 Å². The van der Waals surface area contributed by atoms with Crippen LogP contribution in [-0.4, -0.2) is 23.6 Å². The molecule has 1 aliphatic carbocycles. The second-order valence-electron chi connectivity index (χ2n) is 4.87. The van der Waals surface area contributed by atoms with Crippen molar-refractivity contribution in [3.8, 4) is 0 Å². The zero-order chi connectivity index (χ0) is 13.0. The lowest BCUT2D eigenvalue weighted by Crippen LogP contribution is -2.26. The van der Waals surface area contributed by atoms with Crippen molar-refractivity contribution in [2.24, 2.45) is 5.92 Å². The van der Waals surface area contributed by atoms with E-state index in [2.05, 4.69) is 17.2 Å². The molecule has 0 saturated heterocycles. The third-order valence-electron chi connectivity index (χ3n) is 3.25. The van der Waals surface area contributed by atoms with Gasteiger partial charge in [0.2, 0.25) is 0 Å². The molecule has 0 bridgehead atoms. The zero-order valence-corrected chi connectivity index (χ0v) is 10.9. The quantitative estimate of drug-likeness (QED) is 0.835. The topological polar surface area (TPSA) is 64.4 Å². The highest BCUT2D eigenvalue weighted by molar-refractivity contribution is 5.87. The van der Waals surface area contributed by atoms with E-state index in [1.807, 2.05) is 0 Å². The van der Waals surface area contributed by atoms with Crippen LogP contribution in [0.3, 0.4) is 0 Å². The Balaban J connectivity index is 1.91. The van der Waals surface area contributed by atoms with Crippen molar-refractivity contribution >= 4 is 12.0 Å². The average molecular weight is 252 g/mol. The van der Waals surface area contributed by atoms with Crippen molar-refractivity contribution in [2.45, 2.75) is 45.6 Å². The summed E-state index contributed by atoms with van der Waals surface area (Å²) in [6.07, 6.45) is 6.10. The molecule has 1 fully saturated rings. The molecular formula is C13H20N2O3. The van der Waals surface area contributed by atoms with Crippen LogP contribution in [0.25, 0.3) is 0 Å². The summed E-state index contributed by atoms with van der Waals surface area (Å²) in [6, 6.07) is 0.805. The van der Waals surface area contributed by atoms with Crippen LogP contribution in [-0.2, 0) is 4.74 Å². The average Bonchev–Trinajstić information content (AvgIpc) is 2.78. The Morgan fingerprint density at radius 3 is 3.17 bits per heavy atom. The van der Waals surface area contributed by atoms with E-state index in [1.165, 1.54) is 19.1 Å². The Morgan fingerprint density at radius 2 is 2.44 bits per heavy atom. The van der Waals surface area contributed by atoms with Gasteiger partial charge in [-0.1, -0.05) is 19.8 Å². The van der Waals surface area contributed by atoms with Crippen LogP contribution in [0, 0.1) is 5.92 Å². The second kappa shape index (κ2) is 5.89. The molecule has 1 saturated carbocycles. The standard InChI is InChI=1S/C13H20N2O3/c1-3-17-12(16)11-8-18-13(15-11)14-10-6-4-5-9(2)7-10/h8-10H,3-7H2,1-2H3,(H,14,15). The fourth-order valence-corrected chi connectivity index (χ4v) is 2.38. The van der Waals surface area contributed by atoms with E-state index in [-0.39, 0.29) is 5.69 Å². The lowest BCUT2D eigenvalue weighted by Gasteiger charge is -2.26. The number of carbonyl (C=O) groups excluding carboxylic acids is 1. The largest absolute Gasteiger partial charge is 0.461 e. The molecule has 1 aliphatic rings. The van der Waals surface area contributed by atoms with Crippen molar-refractivity contribution in [2.75, 3.05) is 11.9 Å². The first-order valence-electron chi connectivity index (χ1n) is 6.58. The summed E-state index contributed by atoms with van der Waals surface area (Å²) >= 11 is 0. The van der Waals surface area contributed by atoms with Crippen molar-refractivity contribution in [3.05, 3.63) is 12.0 Å². The Hall–Kier alpha value is -1.52. The summed E-state index contributed by atoms with van der Waals surface area (Å²) in [5, 5.41) is 3.24. The fourth-order valence-electron chi connectivity index (χ4n) is 2.38. The molecular weight excluding hydrogens is 232 g/mol. The smallest absolute Gasteiger partial charge is 0.360 e. The summed E-state index contributed by atoms with van der Waals surface area (Å²) in [6.45, 7) is 4.36. The van der Waals surface area contributed by atoms with Crippen molar-refractivity contribution < 1.29 is 13.9 Å². The Labute approximate surface area is 107 Å². The van der Waals surface area contributed by atoms with Crippen LogP contribution >= 0.6 is 0 Å². The number of nitrogens with zero attached hydrogens (tertiary/aromatic N) is 1. The molecule has 18 heavy (non-hydrogen) atoms. The van der Waals surface area contributed by atoms with E-state index < -0.39 is 5.97 Å². The van der Waals surface area contributed by atoms with Crippen molar-refractivity contribution in [3.63, 3.8) is 0 Å².